The Morgan fingerprint density at radius 1 is 1.14 bits per heavy atom. The van der Waals surface area contributed by atoms with E-state index in [2.05, 4.69) is 15.5 Å². The lowest BCUT2D eigenvalue weighted by atomic mass is 9.66. The van der Waals surface area contributed by atoms with E-state index in [9.17, 15) is 19.5 Å². The number of ether oxygens (including phenoxy) is 2. The van der Waals surface area contributed by atoms with E-state index in [1.54, 1.807) is 4.90 Å². The monoisotopic (exact) mass is 508 g/mol. The van der Waals surface area contributed by atoms with Gasteiger partial charge in [0.25, 0.3) is 0 Å². The highest BCUT2D eigenvalue weighted by molar-refractivity contribution is 5.99. The van der Waals surface area contributed by atoms with Crippen LogP contribution in [-0.4, -0.2) is 108 Å². The van der Waals surface area contributed by atoms with Gasteiger partial charge < -0.3 is 30.1 Å². The van der Waals surface area contributed by atoms with E-state index in [4.69, 9.17) is 9.47 Å². The van der Waals surface area contributed by atoms with Crippen LogP contribution < -0.4 is 10.6 Å². The molecule has 4 fully saturated rings. The molecule has 3 amide bonds. The minimum absolute atomic E-state index is 0.0158. The number of carbonyl (C=O) groups excluding carboxylic acids is 3. The minimum Gasteiger partial charge on any atom is -0.394 e. The number of fused-ring (bicyclic) bond motifs is 1. The Morgan fingerprint density at radius 3 is 2.47 bits per heavy atom. The van der Waals surface area contributed by atoms with Gasteiger partial charge in [0.2, 0.25) is 17.7 Å². The first-order chi connectivity index (χ1) is 17.2. The Hall–Kier alpha value is -1.75. The van der Waals surface area contributed by atoms with Gasteiger partial charge in [-0.2, -0.15) is 0 Å². The minimum atomic E-state index is -1.07. The van der Waals surface area contributed by atoms with Crippen molar-refractivity contribution in [1.82, 2.24) is 20.4 Å². The molecule has 0 aromatic heterocycles. The van der Waals surface area contributed by atoms with Crippen molar-refractivity contribution in [3.63, 3.8) is 0 Å². The van der Waals surface area contributed by atoms with Gasteiger partial charge in [0, 0.05) is 32.7 Å². The van der Waals surface area contributed by atoms with E-state index >= 15 is 0 Å². The van der Waals surface area contributed by atoms with Gasteiger partial charge in [0.05, 0.1) is 43.3 Å². The van der Waals surface area contributed by atoms with E-state index in [0.717, 1.165) is 25.9 Å². The van der Waals surface area contributed by atoms with Crippen LogP contribution in [0.5, 0.6) is 0 Å². The van der Waals surface area contributed by atoms with Crippen LogP contribution >= 0.6 is 0 Å². The molecular formula is C26H44N4O6. The van der Waals surface area contributed by atoms with Crippen LogP contribution in [0.4, 0.5) is 0 Å². The second-order valence-electron chi connectivity index (χ2n) is 11.1. The molecule has 4 heterocycles. The fourth-order valence-electron chi connectivity index (χ4n) is 6.85. The van der Waals surface area contributed by atoms with Gasteiger partial charge in [-0.15, -0.1) is 0 Å². The van der Waals surface area contributed by atoms with Crippen molar-refractivity contribution >= 4 is 17.7 Å². The lowest BCUT2D eigenvalue weighted by molar-refractivity contribution is -0.151. The van der Waals surface area contributed by atoms with E-state index < -0.39 is 35.1 Å². The number of morpholine rings is 1. The summed E-state index contributed by atoms with van der Waals surface area (Å²) in [6.07, 6.45) is 2.69. The SMILES string of the molecule is CCCNC(=O)[C@H]1[C@H]2C(=O)N([C@@H](CO)[C@@H](C)CC)C(C(=O)NCCN3CCOCC3)C23CC[C@]1(C)O3. The molecule has 4 saturated heterocycles. The van der Waals surface area contributed by atoms with Gasteiger partial charge in [-0.3, -0.25) is 19.3 Å². The summed E-state index contributed by atoms with van der Waals surface area (Å²) < 4.78 is 12.0. The van der Waals surface area contributed by atoms with Crippen molar-refractivity contribution in [2.45, 2.75) is 76.7 Å². The van der Waals surface area contributed by atoms with E-state index in [1.165, 1.54) is 0 Å². The average molecular weight is 509 g/mol. The molecule has 2 bridgehead atoms. The van der Waals surface area contributed by atoms with Gasteiger partial charge in [-0.25, -0.2) is 0 Å². The maximum Gasteiger partial charge on any atom is 0.245 e. The standard InChI is InChI=1S/C26H44N4O6/c1-5-9-27-22(32)19-20-24(34)30(18(16-31)17(3)6-2)21(26(20)8-7-25(19,4)36-26)23(33)28-10-11-29-12-14-35-15-13-29/h17-21,31H,5-16H2,1-4H3,(H,27,32)(H,28,33)/t17-,18-,19+,20-,21?,25-,26?/m0/s1. The van der Waals surface area contributed by atoms with Crippen LogP contribution in [0.3, 0.4) is 0 Å². The second-order valence-corrected chi connectivity index (χ2v) is 11.1. The Bertz CT molecular complexity index is 835. The molecule has 3 N–H and O–H groups in total. The highest BCUT2D eigenvalue weighted by Gasteiger charge is 2.78. The largest absolute Gasteiger partial charge is 0.394 e. The molecule has 36 heavy (non-hydrogen) atoms. The number of nitrogens with one attached hydrogen (secondary N) is 2. The van der Waals surface area contributed by atoms with Crippen molar-refractivity contribution in [1.29, 1.82) is 0 Å². The molecule has 0 radical (unpaired) electrons. The van der Waals surface area contributed by atoms with Crippen LogP contribution in [0.25, 0.3) is 0 Å². The second kappa shape index (κ2) is 10.9. The van der Waals surface area contributed by atoms with Crippen molar-refractivity contribution in [3.05, 3.63) is 0 Å². The van der Waals surface area contributed by atoms with Crippen LogP contribution in [0.15, 0.2) is 0 Å². The Kier molecular flexibility index (Phi) is 8.29. The maximum atomic E-state index is 14.1. The van der Waals surface area contributed by atoms with E-state index in [1.807, 2.05) is 27.7 Å². The van der Waals surface area contributed by atoms with Crippen LogP contribution in [0, 0.1) is 17.8 Å². The molecular weight excluding hydrogens is 464 g/mol. The molecule has 0 aromatic rings. The Labute approximate surface area is 214 Å². The lowest BCUT2D eigenvalue weighted by Gasteiger charge is -2.39. The molecule has 4 aliphatic heterocycles. The first-order valence-corrected chi connectivity index (χ1v) is 13.7. The maximum absolute atomic E-state index is 14.1. The summed E-state index contributed by atoms with van der Waals surface area (Å²) in [5.41, 5.74) is -1.86. The van der Waals surface area contributed by atoms with E-state index in [0.29, 0.717) is 45.7 Å². The number of amides is 3. The van der Waals surface area contributed by atoms with Crippen molar-refractivity contribution in [2.75, 3.05) is 52.5 Å². The number of likely N-dealkylation sites (tertiary alicyclic amines) is 1. The van der Waals surface area contributed by atoms with Gasteiger partial charge in [-0.05, 0) is 32.1 Å². The van der Waals surface area contributed by atoms with Crippen molar-refractivity contribution in [3.8, 4) is 0 Å². The number of nitrogens with zero attached hydrogens (tertiary/aromatic N) is 2. The summed E-state index contributed by atoms with van der Waals surface area (Å²) in [6.45, 7) is 12.3. The summed E-state index contributed by atoms with van der Waals surface area (Å²) in [6, 6.07) is -1.40. The summed E-state index contributed by atoms with van der Waals surface area (Å²) in [5, 5.41) is 16.4. The van der Waals surface area contributed by atoms with Gasteiger partial charge >= 0.3 is 0 Å². The van der Waals surface area contributed by atoms with Crippen LogP contribution in [0.1, 0.15) is 53.4 Å². The highest BCUT2D eigenvalue weighted by atomic mass is 16.5. The fraction of sp³-hybridized carbons (Fsp3) is 0.885. The first kappa shape index (κ1) is 27.3. The van der Waals surface area contributed by atoms with Crippen molar-refractivity contribution in [2.24, 2.45) is 17.8 Å². The predicted octanol–water partition coefficient (Wildman–Crippen LogP) is 0.133. The van der Waals surface area contributed by atoms with Gasteiger partial charge in [-0.1, -0.05) is 27.2 Å². The van der Waals surface area contributed by atoms with Gasteiger partial charge in [0.15, 0.2) is 0 Å². The molecule has 0 aliphatic carbocycles. The molecule has 0 saturated carbocycles. The number of carbonyl (C=O) groups is 3. The number of aliphatic hydroxyl groups is 1. The zero-order valence-electron chi connectivity index (χ0n) is 22.3. The molecule has 4 rings (SSSR count). The van der Waals surface area contributed by atoms with Gasteiger partial charge in [0.1, 0.15) is 11.6 Å². The van der Waals surface area contributed by atoms with Crippen molar-refractivity contribution < 1.29 is 29.0 Å². The zero-order valence-corrected chi connectivity index (χ0v) is 22.3. The molecule has 7 atom stereocenters. The first-order valence-electron chi connectivity index (χ1n) is 13.7. The third kappa shape index (κ3) is 4.54. The zero-order chi connectivity index (χ0) is 26.1. The van der Waals surface area contributed by atoms with Crippen LogP contribution in [-0.2, 0) is 23.9 Å². The Balaban J connectivity index is 1.63. The number of hydrogen-bond acceptors (Lipinski definition) is 7. The summed E-state index contributed by atoms with van der Waals surface area (Å²) >= 11 is 0. The number of aliphatic hydroxyl groups excluding tert-OH is 1. The molecule has 10 nitrogen and oxygen atoms in total. The molecule has 204 valence electrons. The summed E-state index contributed by atoms with van der Waals surface area (Å²) in [5.74, 6) is -2.10. The number of hydrogen-bond donors (Lipinski definition) is 3. The van der Waals surface area contributed by atoms with E-state index in [-0.39, 0.29) is 30.2 Å². The average Bonchev–Trinajstić information content (AvgIpc) is 3.44. The lowest BCUT2D eigenvalue weighted by Crippen LogP contribution is -2.59. The smallest absolute Gasteiger partial charge is 0.245 e. The Morgan fingerprint density at radius 2 is 1.83 bits per heavy atom. The normalized spacial score (nSPS) is 35.5. The summed E-state index contributed by atoms with van der Waals surface area (Å²) in [7, 11) is 0. The predicted molar refractivity (Wildman–Crippen MR) is 133 cm³/mol. The van der Waals surface area contributed by atoms with Crippen LogP contribution in [0.2, 0.25) is 0 Å². The molecule has 2 unspecified atom stereocenters. The number of rotatable bonds is 11. The molecule has 10 heteroatoms. The third-order valence-corrected chi connectivity index (χ3v) is 8.97. The third-order valence-electron chi connectivity index (χ3n) is 8.97. The molecule has 0 aromatic carbocycles. The quantitative estimate of drug-likeness (QED) is 0.363. The highest BCUT2D eigenvalue weighted by Crippen LogP contribution is 2.63. The molecule has 1 spiro atoms. The summed E-state index contributed by atoms with van der Waals surface area (Å²) in [4.78, 5) is 45.1. The fourth-order valence-corrected chi connectivity index (χ4v) is 6.85. The molecule has 4 aliphatic rings. The topological polar surface area (TPSA) is 120 Å².